The molecule has 2 rings (SSSR count). The number of carbonyl (C=O) groups is 2. The molecule has 1 aliphatic rings. The first-order valence-corrected chi connectivity index (χ1v) is 10.6. The van der Waals surface area contributed by atoms with E-state index in [4.69, 9.17) is 4.74 Å². The second-order valence-electron chi connectivity index (χ2n) is 7.17. The summed E-state index contributed by atoms with van der Waals surface area (Å²) < 4.78 is 30.8. The van der Waals surface area contributed by atoms with Gasteiger partial charge in [-0.25, -0.2) is 8.42 Å². The van der Waals surface area contributed by atoms with E-state index in [2.05, 4.69) is 12.2 Å². The van der Waals surface area contributed by atoms with E-state index in [1.165, 1.54) is 25.6 Å². The number of aryl methyl sites for hydroxylation is 1. The zero-order chi connectivity index (χ0) is 20.0. The summed E-state index contributed by atoms with van der Waals surface area (Å²) in [6.45, 7) is 3.10. The van der Waals surface area contributed by atoms with Crippen LogP contribution in [0.25, 0.3) is 0 Å². The molecule has 0 aromatic heterocycles. The topological polar surface area (TPSA) is 92.8 Å². The minimum atomic E-state index is -3.79. The zero-order valence-corrected chi connectivity index (χ0v) is 16.9. The molecular weight excluding hydrogens is 368 g/mol. The van der Waals surface area contributed by atoms with Crippen molar-refractivity contribution in [1.82, 2.24) is 9.62 Å². The molecule has 1 N–H and O–H groups in total. The fraction of sp³-hybridized carbons (Fsp3) is 0.579. The van der Waals surface area contributed by atoms with Gasteiger partial charge < -0.3 is 10.1 Å². The Labute approximate surface area is 161 Å². The predicted molar refractivity (Wildman–Crippen MR) is 102 cm³/mol. The van der Waals surface area contributed by atoms with Crippen molar-refractivity contribution in [3.63, 3.8) is 0 Å². The maximum absolute atomic E-state index is 12.5. The van der Waals surface area contributed by atoms with E-state index in [0.29, 0.717) is 5.92 Å². The number of hydrogen-bond donors (Lipinski definition) is 1. The van der Waals surface area contributed by atoms with E-state index in [0.717, 1.165) is 29.1 Å². The summed E-state index contributed by atoms with van der Waals surface area (Å²) in [4.78, 5) is 24.0. The fourth-order valence-electron chi connectivity index (χ4n) is 3.13. The highest BCUT2D eigenvalue weighted by Gasteiger charge is 2.25. The first-order valence-electron chi connectivity index (χ1n) is 9.18. The molecule has 1 aromatic carbocycles. The number of hydrogen-bond acceptors (Lipinski definition) is 5. The number of ether oxygens (including phenoxy) is 1. The molecule has 0 spiro atoms. The normalized spacial score (nSPS) is 20.3. The van der Waals surface area contributed by atoms with Crippen molar-refractivity contribution in [2.45, 2.75) is 50.5 Å². The molecule has 0 saturated heterocycles. The molecule has 1 amide bonds. The molecule has 0 bridgehead atoms. The average molecular weight is 397 g/mol. The Morgan fingerprint density at radius 1 is 1.19 bits per heavy atom. The Bertz CT molecular complexity index is 761. The van der Waals surface area contributed by atoms with Crippen LogP contribution >= 0.6 is 0 Å². The first kappa shape index (κ1) is 21.4. The van der Waals surface area contributed by atoms with Crippen LogP contribution in [0.15, 0.2) is 29.2 Å². The molecule has 2 atom stereocenters. The van der Waals surface area contributed by atoms with Crippen LogP contribution < -0.4 is 5.32 Å². The van der Waals surface area contributed by atoms with Crippen LogP contribution in [0.5, 0.6) is 0 Å². The second-order valence-corrected chi connectivity index (χ2v) is 9.22. The summed E-state index contributed by atoms with van der Waals surface area (Å²) in [5.74, 6) is -0.713. The standard InChI is InChI=1S/C19H28N2O5S/c1-14-8-10-16(11-9-14)27(24,25)21(3)12-19(23)26-13-18(22)20-17-7-5-4-6-15(17)2/h8-11,15,17H,4-7,12-13H2,1-3H3,(H,20,22)/t15-,17+/m0/s1. The molecule has 0 heterocycles. The monoisotopic (exact) mass is 396 g/mol. The Hall–Kier alpha value is -1.93. The number of benzene rings is 1. The van der Waals surface area contributed by atoms with Crippen LogP contribution in [0.1, 0.15) is 38.2 Å². The maximum Gasteiger partial charge on any atom is 0.321 e. The van der Waals surface area contributed by atoms with Gasteiger partial charge in [0.15, 0.2) is 6.61 Å². The molecule has 150 valence electrons. The van der Waals surface area contributed by atoms with Crippen molar-refractivity contribution in [3.05, 3.63) is 29.8 Å². The van der Waals surface area contributed by atoms with Gasteiger partial charge in [-0.05, 0) is 37.8 Å². The van der Waals surface area contributed by atoms with Crippen molar-refractivity contribution in [1.29, 1.82) is 0 Å². The van der Waals surface area contributed by atoms with Gasteiger partial charge in [0.1, 0.15) is 6.54 Å². The third-order valence-corrected chi connectivity index (χ3v) is 6.72. The Balaban J connectivity index is 1.82. The smallest absolute Gasteiger partial charge is 0.321 e. The highest BCUT2D eigenvalue weighted by molar-refractivity contribution is 7.89. The number of carbonyl (C=O) groups excluding carboxylic acids is 2. The van der Waals surface area contributed by atoms with E-state index in [1.54, 1.807) is 12.1 Å². The van der Waals surface area contributed by atoms with E-state index >= 15 is 0 Å². The first-order chi connectivity index (χ1) is 12.7. The van der Waals surface area contributed by atoms with Gasteiger partial charge in [0.2, 0.25) is 10.0 Å². The number of nitrogens with zero attached hydrogens (tertiary/aromatic N) is 1. The Morgan fingerprint density at radius 3 is 2.44 bits per heavy atom. The molecule has 0 unspecified atom stereocenters. The molecule has 1 aliphatic carbocycles. The molecule has 1 fully saturated rings. The molecule has 27 heavy (non-hydrogen) atoms. The number of esters is 1. The molecule has 7 nitrogen and oxygen atoms in total. The average Bonchev–Trinajstić information content (AvgIpc) is 2.62. The Morgan fingerprint density at radius 2 is 1.81 bits per heavy atom. The van der Waals surface area contributed by atoms with Gasteiger partial charge in [0.05, 0.1) is 4.90 Å². The van der Waals surface area contributed by atoms with Gasteiger partial charge in [0.25, 0.3) is 5.91 Å². The van der Waals surface area contributed by atoms with Crippen molar-refractivity contribution >= 4 is 21.9 Å². The predicted octanol–water partition coefficient (Wildman–Crippen LogP) is 1.85. The Kier molecular flexibility index (Phi) is 7.38. The van der Waals surface area contributed by atoms with Gasteiger partial charge in [-0.2, -0.15) is 4.31 Å². The van der Waals surface area contributed by atoms with E-state index < -0.39 is 29.1 Å². The lowest BCUT2D eigenvalue weighted by atomic mass is 9.86. The van der Waals surface area contributed by atoms with E-state index in [9.17, 15) is 18.0 Å². The number of rotatable bonds is 7. The molecule has 0 aliphatic heterocycles. The van der Waals surface area contributed by atoms with Crippen LogP contribution in [-0.2, 0) is 24.3 Å². The van der Waals surface area contributed by atoms with Gasteiger partial charge in [-0.3, -0.25) is 9.59 Å². The van der Waals surface area contributed by atoms with Gasteiger partial charge in [-0.1, -0.05) is 37.5 Å². The zero-order valence-electron chi connectivity index (χ0n) is 16.1. The van der Waals surface area contributed by atoms with E-state index in [-0.39, 0.29) is 16.8 Å². The minimum absolute atomic E-state index is 0.104. The fourth-order valence-corrected chi connectivity index (χ4v) is 4.24. The quantitative estimate of drug-likeness (QED) is 0.710. The lowest BCUT2D eigenvalue weighted by molar-refractivity contribution is -0.148. The van der Waals surface area contributed by atoms with Crippen molar-refractivity contribution in [3.8, 4) is 0 Å². The van der Waals surface area contributed by atoms with Crippen molar-refractivity contribution in [2.75, 3.05) is 20.2 Å². The molecule has 1 aromatic rings. The number of sulfonamides is 1. The highest BCUT2D eigenvalue weighted by Crippen LogP contribution is 2.23. The van der Waals surface area contributed by atoms with Crippen LogP contribution in [0.2, 0.25) is 0 Å². The number of likely N-dealkylation sites (N-methyl/N-ethyl adjacent to an activating group) is 1. The lowest BCUT2D eigenvalue weighted by Crippen LogP contribution is -2.43. The van der Waals surface area contributed by atoms with Crippen LogP contribution in [0.4, 0.5) is 0 Å². The van der Waals surface area contributed by atoms with Crippen molar-refractivity contribution in [2.24, 2.45) is 5.92 Å². The van der Waals surface area contributed by atoms with Gasteiger partial charge in [0, 0.05) is 13.1 Å². The summed E-state index contributed by atoms with van der Waals surface area (Å²) >= 11 is 0. The summed E-state index contributed by atoms with van der Waals surface area (Å²) in [5, 5.41) is 2.89. The third-order valence-electron chi connectivity index (χ3n) is 4.90. The van der Waals surface area contributed by atoms with Crippen molar-refractivity contribution < 1.29 is 22.7 Å². The SMILES string of the molecule is Cc1ccc(S(=O)(=O)N(C)CC(=O)OCC(=O)N[C@@H]2CCCC[C@@H]2C)cc1. The second kappa shape index (κ2) is 9.32. The van der Waals surface area contributed by atoms with Crippen LogP contribution in [0.3, 0.4) is 0 Å². The van der Waals surface area contributed by atoms with Crippen LogP contribution in [-0.4, -0.2) is 50.8 Å². The molecule has 1 saturated carbocycles. The number of amides is 1. The van der Waals surface area contributed by atoms with Crippen LogP contribution in [0, 0.1) is 12.8 Å². The minimum Gasteiger partial charge on any atom is -0.455 e. The third kappa shape index (κ3) is 6.04. The molecule has 0 radical (unpaired) electrons. The highest BCUT2D eigenvalue weighted by atomic mass is 32.2. The maximum atomic E-state index is 12.5. The number of nitrogens with one attached hydrogen (secondary N) is 1. The van der Waals surface area contributed by atoms with Gasteiger partial charge in [-0.15, -0.1) is 0 Å². The van der Waals surface area contributed by atoms with Gasteiger partial charge >= 0.3 is 5.97 Å². The molecule has 8 heteroatoms. The summed E-state index contributed by atoms with van der Waals surface area (Å²) in [6, 6.07) is 6.47. The largest absolute Gasteiger partial charge is 0.455 e. The van der Waals surface area contributed by atoms with E-state index in [1.807, 2.05) is 6.92 Å². The summed E-state index contributed by atoms with van der Waals surface area (Å²) in [7, 11) is -2.48. The summed E-state index contributed by atoms with van der Waals surface area (Å²) in [6.07, 6.45) is 4.26. The summed E-state index contributed by atoms with van der Waals surface area (Å²) in [5.41, 5.74) is 0.939. The molecular formula is C19H28N2O5S. The lowest BCUT2D eigenvalue weighted by Gasteiger charge is -2.29.